The smallest absolute Gasteiger partial charge is 0.260 e. The predicted molar refractivity (Wildman–Crippen MR) is 74.5 cm³/mol. The second kappa shape index (κ2) is 5.63. The quantitative estimate of drug-likeness (QED) is 0.923. The van der Waals surface area contributed by atoms with Gasteiger partial charge in [-0.1, -0.05) is 27.2 Å². The van der Waals surface area contributed by atoms with Crippen LogP contribution in [0.2, 0.25) is 0 Å². The average Bonchev–Trinajstić information content (AvgIpc) is 2.89. The average molecular weight is 285 g/mol. The van der Waals surface area contributed by atoms with Gasteiger partial charge in [-0.15, -0.1) is 0 Å². The second-order valence-corrected chi connectivity index (χ2v) is 7.47. The molecule has 0 unspecified atom stereocenters. The number of H-pyrrole nitrogens is 1. The Morgan fingerprint density at radius 1 is 1.53 bits per heavy atom. The number of aromatic nitrogens is 2. The van der Waals surface area contributed by atoms with Crippen molar-refractivity contribution in [2.45, 2.75) is 51.0 Å². The van der Waals surface area contributed by atoms with Crippen LogP contribution in [0.4, 0.5) is 0 Å². The number of nitrogens with zero attached hydrogens (tertiary/aromatic N) is 2. The molecule has 1 atom stereocenters. The summed E-state index contributed by atoms with van der Waals surface area (Å²) in [5.74, 6) is 1.41. The Kier molecular flexibility index (Phi) is 4.30. The van der Waals surface area contributed by atoms with Gasteiger partial charge in [0.15, 0.2) is 5.03 Å². The molecule has 1 saturated heterocycles. The van der Waals surface area contributed by atoms with E-state index in [0.29, 0.717) is 19.0 Å². The lowest BCUT2D eigenvalue weighted by Gasteiger charge is -2.30. The summed E-state index contributed by atoms with van der Waals surface area (Å²) in [4.78, 5) is 7.10. The first-order valence-corrected chi connectivity index (χ1v) is 8.44. The van der Waals surface area contributed by atoms with Gasteiger partial charge in [-0.25, -0.2) is 13.4 Å². The molecule has 1 N–H and O–H groups in total. The topological polar surface area (TPSA) is 66.1 Å². The van der Waals surface area contributed by atoms with Crippen LogP contribution >= 0.6 is 0 Å². The molecule has 2 rings (SSSR count). The highest BCUT2D eigenvalue weighted by Gasteiger charge is 2.31. The summed E-state index contributed by atoms with van der Waals surface area (Å²) < 4.78 is 26.7. The number of rotatable bonds is 4. The Balaban J connectivity index is 2.21. The number of imidazole rings is 1. The molecule has 19 heavy (non-hydrogen) atoms. The van der Waals surface area contributed by atoms with Crippen LogP contribution in [0.25, 0.3) is 0 Å². The first kappa shape index (κ1) is 14.5. The van der Waals surface area contributed by atoms with Crippen LogP contribution in [0, 0.1) is 5.92 Å². The van der Waals surface area contributed by atoms with Crippen LogP contribution in [-0.2, 0) is 10.0 Å². The Morgan fingerprint density at radius 2 is 2.26 bits per heavy atom. The lowest BCUT2D eigenvalue weighted by molar-refractivity contribution is 0.261. The van der Waals surface area contributed by atoms with E-state index in [4.69, 9.17) is 0 Å². The first-order chi connectivity index (χ1) is 8.95. The SMILES string of the molecule is CC[C@@H]1CCCN(S(=O)(=O)c2cnc(C(C)C)[nH]2)C1. The minimum Gasteiger partial charge on any atom is -0.332 e. The van der Waals surface area contributed by atoms with Crippen LogP contribution in [0.15, 0.2) is 11.2 Å². The lowest BCUT2D eigenvalue weighted by Crippen LogP contribution is -2.39. The monoisotopic (exact) mass is 285 g/mol. The highest BCUT2D eigenvalue weighted by molar-refractivity contribution is 7.89. The molecular formula is C13H23N3O2S. The standard InChI is InChI=1S/C13H23N3O2S/c1-4-11-6-5-7-16(9-11)19(17,18)12-8-14-13(15-12)10(2)3/h8,10-11H,4-7,9H2,1-3H3,(H,14,15)/t11-/m1/s1. The minimum absolute atomic E-state index is 0.202. The third-order valence-corrected chi connectivity index (χ3v) is 5.57. The summed E-state index contributed by atoms with van der Waals surface area (Å²) in [5, 5.41) is 0.230. The molecule has 108 valence electrons. The molecule has 1 aliphatic heterocycles. The Hall–Kier alpha value is -0.880. The fourth-order valence-corrected chi connectivity index (χ4v) is 3.94. The van der Waals surface area contributed by atoms with E-state index in [1.807, 2.05) is 13.8 Å². The molecule has 0 spiro atoms. The van der Waals surface area contributed by atoms with Crippen molar-refractivity contribution in [1.82, 2.24) is 14.3 Å². The summed E-state index contributed by atoms with van der Waals surface area (Å²) in [7, 11) is -3.40. The summed E-state index contributed by atoms with van der Waals surface area (Å²) in [6, 6.07) is 0. The van der Waals surface area contributed by atoms with Crippen LogP contribution in [0.5, 0.6) is 0 Å². The van der Waals surface area contributed by atoms with Gasteiger partial charge in [0.05, 0.1) is 6.20 Å². The third-order valence-electron chi connectivity index (χ3n) is 3.80. The Bertz CT molecular complexity index is 522. The summed E-state index contributed by atoms with van der Waals surface area (Å²) in [5.41, 5.74) is 0. The fraction of sp³-hybridized carbons (Fsp3) is 0.769. The van der Waals surface area contributed by atoms with Crippen LogP contribution < -0.4 is 0 Å². The minimum atomic E-state index is -3.40. The molecule has 0 bridgehead atoms. The van der Waals surface area contributed by atoms with Crippen molar-refractivity contribution < 1.29 is 8.42 Å². The normalized spacial score (nSPS) is 22.0. The molecule has 1 aromatic rings. The summed E-state index contributed by atoms with van der Waals surface area (Å²) in [6.45, 7) is 7.35. The van der Waals surface area contributed by atoms with Gasteiger partial charge in [0.25, 0.3) is 10.0 Å². The summed E-state index contributed by atoms with van der Waals surface area (Å²) >= 11 is 0. The van der Waals surface area contributed by atoms with Gasteiger partial charge in [0.2, 0.25) is 0 Å². The molecule has 5 nitrogen and oxygen atoms in total. The van der Waals surface area contributed by atoms with Gasteiger partial charge in [-0.3, -0.25) is 0 Å². The lowest BCUT2D eigenvalue weighted by atomic mass is 9.97. The van der Waals surface area contributed by atoms with Crippen molar-refractivity contribution in [3.63, 3.8) is 0 Å². The molecule has 1 aliphatic rings. The highest BCUT2D eigenvalue weighted by atomic mass is 32.2. The Labute approximate surface area is 115 Å². The largest absolute Gasteiger partial charge is 0.332 e. The molecule has 1 fully saturated rings. The van der Waals surface area contributed by atoms with Crippen molar-refractivity contribution in [2.24, 2.45) is 5.92 Å². The number of aromatic amines is 1. The van der Waals surface area contributed by atoms with Gasteiger partial charge < -0.3 is 4.98 Å². The molecular weight excluding hydrogens is 262 g/mol. The van der Waals surface area contributed by atoms with Gasteiger partial charge in [-0.2, -0.15) is 4.31 Å². The number of sulfonamides is 1. The van der Waals surface area contributed by atoms with Gasteiger partial charge in [0, 0.05) is 19.0 Å². The van der Waals surface area contributed by atoms with Crippen molar-refractivity contribution >= 4 is 10.0 Å². The van der Waals surface area contributed by atoms with Crippen molar-refractivity contribution in [3.8, 4) is 0 Å². The fourth-order valence-electron chi connectivity index (χ4n) is 2.46. The van der Waals surface area contributed by atoms with E-state index in [1.54, 1.807) is 4.31 Å². The van der Waals surface area contributed by atoms with E-state index in [2.05, 4.69) is 16.9 Å². The van der Waals surface area contributed by atoms with Crippen LogP contribution in [0.1, 0.15) is 51.8 Å². The van der Waals surface area contributed by atoms with E-state index < -0.39 is 10.0 Å². The molecule has 6 heteroatoms. The zero-order chi connectivity index (χ0) is 14.0. The maximum Gasteiger partial charge on any atom is 0.260 e. The van der Waals surface area contributed by atoms with Crippen molar-refractivity contribution in [2.75, 3.05) is 13.1 Å². The van der Waals surface area contributed by atoms with Gasteiger partial charge in [-0.05, 0) is 18.8 Å². The molecule has 1 aromatic heterocycles. The number of nitrogens with one attached hydrogen (secondary N) is 1. The van der Waals surface area contributed by atoms with Gasteiger partial charge in [0.1, 0.15) is 5.82 Å². The zero-order valence-electron chi connectivity index (χ0n) is 11.9. The van der Waals surface area contributed by atoms with Gasteiger partial charge >= 0.3 is 0 Å². The second-order valence-electron chi connectivity index (χ2n) is 5.57. The van der Waals surface area contributed by atoms with Crippen molar-refractivity contribution in [1.29, 1.82) is 0 Å². The number of piperidine rings is 1. The van der Waals surface area contributed by atoms with E-state index in [-0.39, 0.29) is 10.9 Å². The molecule has 0 aliphatic carbocycles. The van der Waals surface area contributed by atoms with Crippen molar-refractivity contribution in [3.05, 3.63) is 12.0 Å². The van der Waals surface area contributed by atoms with Crippen LogP contribution in [0.3, 0.4) is 0 Å². The number of hydrogen-bond donors (Lipinski definition) is 1. The van der Waals surface area contributed by atoms with E-state index >= 15 is 0 Å². The first-order valence-electron chi connectivity index (χ1n) is 7.00. The summed E-state index contributed by atoms with van der Waals surface area (Å²) in [6.07, 6.45) is 4.55. The highest BCUT2D eigenvalue weighted by Crippen LogP contribution is 2.25. The third kappa shape index (κ3) is 3.00. The molecule has 2 heterocycles. The Morgan fingerprint density at radius 3 is 2.84 bits per heavy atom. The molecule has 0 radical (unpaired) electrons. The van der Waals surface area contributed by atoms with Crippen LogP contribution in [-0.4, -0.2) is 35.8 Å². The van der Waals surface area contributed by atoms with E-state index in [9.17, 15) is 8.42 Å². The molecule has 0 aromatic carbocycles. The maximum absolute atomic E-state index is 12.5. The van der Waals surface area contributed by atoms with E-state index in [1.165, 1.54) is 6.20 Å². The molecule has 0 amide bonds. The predicted octanol–water partition coefficient (Wildman–Crippen LogP) is 2.34. The number of hydrogen-bond acceptors (Lipinski definition) is 3. The maximum atomic E-state index is 12.5. The molecule has 0 saturated carbocycles. The zero-order valence-corrected chi connectivity index (χ0v) is 12.7. The van der Waals surface area contributed by atoms with E-state index in [0.717, 1.165) is 25.1 Å².